The smallest absolute Gasteiger partial charge is 0.200 e. The molecule has 0 aliphatic rings. The third-order valence-corrected chi connectivity index (χ3v) is 6.11. The molecule has 4 aromatic carbocycles. The Morgan fingerprint density at radius 2 is 1.22 bits per heavy atom. The molecule has 0 saturated heterocycles. The molecule has 0 unspecified atom stereocenters. The van der Waals surface area contributed by atoms with Crippen molar-refractivity contribution in [3.63, 3.8) is 0 Å². The Morgan fingerprint density at radius 3 is 1.69 bits per heavy atom. The maximum atomic E-state index is 14.1. The minimum Gasteiger partial charge on any atom is -0.507 e. The predicted octanol–water partition coefficient (Wildman–Crippen LogP) is 7.20. The summed E-state index contributed by atoms with van der Waals surface area (Å²) in [7, 11) is 1.39. The molecule has 0 heterocycles. The van der Waals surface area contributed by atoms with Crippen LogP contribution in [0.3, 0.4) is 0 Å². The summed E-state index contributed by atoms with van der Waals surface area (Å²) in [5.74, 6) is -10.7. The number of aliphatic imine (C=N–C) groups is 1. The number of phenolic OH excluding ortho intramolecular Hbond substituents is 1. The second kappa shape index (κ2) is 9.81. The van der Waals surface area contributed by atoms with E-state index in [0.717, 1.165) is 17.3 Å². The van der Waals surface area contributed by atoms with Crippen molar-refractivity contribution < 1.29 is 31.8 Å². The predicted molar refractivity (Wildman–Crippen MR) is 127 cm³/mol. The van der Waals surface area contributed by atoms with Gasteiger partial charge in [0.15, 0.2) is 23.3 Å². The molecule has 0 atom stereocenters. The number of ether oxygens (including phenoxy) is 1. The van der Waals surface area contributed by atoms with Crippen LogP contribution in [-0.2, 0) is 5.41 Å². The maximum Gasteiger partial charge on any atom is 0.200 e. The summed E-state index contributed by atoms with van der Waals surface area (Å²) in [6.45, 7) is 1.89. The summed E-state index contributed by atoms with van der Waals surface area (Å²) in [6, 6.07) is 21.6. The van der Waals surface area contributed by atoms with Crippen LogP contribution in [0.5, 0.6) is 11.5 Å². The molecule has 0 amide bonds. The molecule has 1 N–H and O–H groups in total. The fraction of sp³-hybridized carbons (Fsp3) is 0.107. The van der Waals surface area contributed by atoms with Crippen LogP contribution in [0.2, 0.25) is 0 Å². The Hall–Kier alpha value is -4.20. The Kier molecular flexibility index (Phi) is 6.79. The van der Waals surface area contributed by atoms with Gasteiger partial charge in [0, 0.05) is 22.8 Å². The summed E-state index contributed by atoms with van der Waals surface area (Å²) in [5, 5.41) is 11.3. The number of hydrogen-bond donors (Lipinski definition) is 1. The molecule has 0 aliphatic carbocycles. The topological polar surface area (TPSA) is 41.8 Å². The molecule has 8 heteroatoms. The summed E-state index contributed by atoms with van der Waals surface area (Å²) in [6.07, 6.45) is 0.829. The van der Waals surface area contributed by atoms with E-state index in [1.54, 1.807) is 6.07 Å². The Balaban J connectivity index is 1.95. The van der Waals surface area contributed by atoms with Crippen LogP contribution >= 0.6 is 0 Å². The van der Waals surface area contributed by atoms with Crippen molar-refractivity contribution in [2.75, 3.05) is 7.11 Å². The van der Waals surface area contributed by atoms with Gasteiger partial charge in [-0.3, -0.25) is 0 Å². The molecule has 0 radical (unpaired) electrons. The van der Waals surface area contributed by atoms with Crippen LogP contribution in [0.1, 0.15) is 29.2 Å². The molecule has 0 aromatic heterocycles. The van der Waals surface area contributed by atoms with Crippen LogP contribution in [-0.4, -0.2) is 18.4 Å². The highest BCUT2D eigenvalue weighted by Crippen LogP contribution is 2.45. The first-order valence-corrected chi connectivity index (χ1v) is 10.8. The van der Waals surface area contributed by atoms with E-state index in [-0.39, 0.29) is 17.1 Å². The van der Waals surface area contributed by atoms with Gasteiger partial charge >= 0.3 is 0 Å². The van der Waals surface area contributed by atoms with Crippen molar-refractivity contribution in [2.24, 2.45) is 4.99 Å². The van der Waals surface area contributed by atoms with Gasteiger partial charge in [0.2, 0.25) is 5.82 Å². The third-order valence-electron chi connectivity index (χ3n) is 6.11. The average molecular weight is 497 g/mol. The summed E-state index contributed by atoms with van der Waals surface area (Å²) < 4.78 is 74.3. The summed E-state index contributed by atoms with van der Waals surface area (Å²) in [4.78, 5) is 3.51. The first-order chi connectivity index (χ1) is 17.2. The number of halogens is 5. The zero-order valence-electron chi connectivity index (χ0n) is 19.2. The van der Waals surface area contributed by atoms with Crippen molar-refractivity contribution in [3.05, 3.63) is 124 Å². The lowest BCUT2D eigenvalue weighted by Crippen LogP contribution is -2.25. The van der Waals surface area contributed by atoms with Crippen molar-refractivity contribution in [1.82, 2.24) is 0 Å². The lowest BCUT2D eigenvalue weighted by molar-refractivity contribution is 0.381. The SMILES string of the molecule is COc1cc(C=Nc2c(F)c(F)c(F)c(F)c2F)c(O)c(C(C)(c2ccccc2)c2ccccc2)c1. The third kappa shape index (κ3) is 4.19. The zero-order valence-corrected chi connectivity index (χ0v) is 19.2. The fourth-order valence-corrected chi connectivity index (χ4v) is 4.09. The Morgan fingerprint density at radius 1 is 0.750 bits per heavy atom. The van der Waals surface area contributed by atoms with E-state index in [4.69, 9.17) is 4.74 Å². The highest BCUT2D eigenvalue weighted by molar-refractivity contribution is 5.87. The van der Waals surface area contributed by atoms with Crippen molar-refractivity contribution in [1.29, 1.82) is 0 Å². The second-order valence-electron chi connectivity index (χ2n) is 8.15. The molecule has 0 aliphatic heterocycles. The van der Waals surface area contributed by atoms with Gasteiger partial charge in [-0.05, 0) is 30.2 Å². The van der Waals surface area contributed by atoms with Crippen molar-refractivity contribution in [3.8, 4) is 11.5 Å². The number of benzene rings is 4. The normalized spacial score (nSPS) is 11.8. The first kappa shape index (κ1) is 24.9. The van der Waals surface area contributed by atoms with Crippen LogP contribution < -0.4 is 4.74 Å². The molecular formula is C28H20F5NO2. The number of hydrogen-bond acceptors (Lipinski definition) is 3. The van der Waals surface area contributed by atoms with Gasteiger partial charge in [-0.25, -0.2) is 26.9 Å². The van der Waals surface area contributed by atoms with E-state index >= 15 is 0 Å². The minimum absolute atomic E-state index is 0.0496. The molecule has 3 nitrogen and oxygen atoms in total. The molecule has 0 spiro atoms. The lowest BCUT2D eigenvalue weighted by Gasteiger charge is -2.33. The van der Waals surface area contributed by atoms with Gasteiger partial charge in [-0.1, -0.05) is 60.7 Å². The van der Waals surface area contributed by atoms with Gasteiger partial charge in [0.25, 0.3) is 0 Å². The van der Waals surface area contributed by atoms with Crippen molar-refractivity contribution >= 4 is 11.9 Å². The average Bonchev–Trinajstić information content (AvgIpc) is 2.92. The number of methoxy groups -OCH3 is 1. The van der Waals surface area contributed by atoms with Crippen LogP contribution in [0, 0.1) is 29.1 Å². The molecule has 0 fully saturated rings. The van der Waals surface area contributed by atoms with Gasteiger partial charge in [0.05, 0.1) is 7.11 Å². The fourth-order valence-electron chi connectivity index (χ4n) is 4.09. The molecule has 184 valence electrons. The van der Waals surface area contributed by atoms with E-state index in [2.05, 4.69) is 4.99 Å². The van der Waals surface area contributed by atoms with Crippen LogP contribution in [0.25, 0.3) is 0 Å². The van der Waals surface area contributed by atoms with E-state index in [1.807, 2.05) is 67.6 Å². The maximum absolute atomic E-state index is 14.1. The van der Waals surface area contributed by atoms with Crippen LogP contribution in [0.4, 0.5) is 27.6 Å². The lowest BCUT2D eigenvalue weighted by atomic mass is 9.70. The second-order valence-corrected chi connectivity index (χ2v) is 8.15. The summed E-state index contributed by atoms with van der Waals surface area (Å²) >= 11 is 0. The Bertz CT molecular complexity index is 1370. The highest BCUT2D eigenvalue weighted by atomic mass is 19.2. The number of rotatable bonds is 6. The number of nitrogens with zero attached hydrogens (tertiary/aromatic N) is 1. The molecule has 36 heavy (non-hydrogen) atoms. The standard InChI is InChI=1S/C28H20F5NO2/c1-28(17-9-5-3-6-10-17,18-11-7-4-8-12-18)20-14-19(36-2)13-16(27(20)35)15-34-26-24(32)22(30)21(29)23(31)25(26)33/h3-15,35H,1-2H3. The van der Waals surface area contributed by atoms with E-state index in [9.17, 15) is 27.1 Å². The molecule has 4 rings (SSSR count). The van der Waals surface area contributed by atoms with Crippen molar-refractivity contribution in [2.45, 2.75) is 12.3 Å². The first-order valence-electron chi connectivity index (χ1n) is 10.8. The largest absolute Gasteiger partial charge is 0.507 e. The zero-order chi connectivity index (χ0) is 26.0. The summed E-state index contributed by atoms with van der Waals surface area (Å²) in [5.41, 5.74) is -0.327. The van der Waals surface area contributed by atoms with Crippen LogP contribution in [0.15, 0.2) is 77.8 Å². The highest BCUT2D eigenvalue weighted by Gasteiger charge is 2.35. The molecule has 0 bridgehead atoms. The van der Waals surface area contributed by atoms with Gasteiger partial charge in [0.1, 0.15) is 17.2 Å². The molecule has 4 aromatic rings. The van der Waals surface area contributed by atoms with E-state index in [1.165, 1.54) is 13.2 Å². The Labute approximate surface area is 204 Å². The van der Waals surface area contributed by atoms with Gasteiger partial charge < -0.3 is 9.84 Å². The molecule has 0 saturated carbocycles. The van der Waals surface area contributed by atoms with E-state index < -0.39 is 40.2 Å². The molecular weight excluding hydrogens is 477 g/mol. The number of aromatic hydroxyl groups is 1. The van der Waals surface area contributed by atoms with Gasteiger partial charge in [-0.2, -0.15) is 0 Å². The van der Waals surface area contributed by atoms with E-state index in [0.29, 0.717) is 5.56 Å². The monoisotopic (exact) mass is 497 g/mol. The quantitative estimate of drug-likeness (QED) is 0.101. The minimum atomic E-state index is -2.28. The number of phenols is 1. The van der Waals surface area contributed by atoms with Gasteiger partial charge in [-0.15, -0.1) is 0 Å².